The van der Waals surface area contributed by atoms with Crippen molar-refractivity contribution in [3.05, 3.63) is 99.2 Å². The van der Waals surface area contributed by atoms with Crippen molar-refractivity contribution in [2.24, 2.45) is 0 Å². The number of aromatic nitrogens is 2. The summed E-state index contributed by atoms with van der Waals surface area (Å²) in [5.74, 6) is -0.977. The molecule has 0 bridgehead atoms. The molecular formula is C23H17Cl2FN2O. The van der Waals surface area contributed by atoms with Crippen molar-refractivity contribution in [2.45, 2.75) is 19.3 Å². The molecule has 3 nitrogen and oxygen atoms in total. The topological polar surface area (TPSA) is 46.0 Å². The second kappa shape index (κ2) is 7.97. The highest BCUT2D eigenvalue weighted by Gasteiger charge is 2.26. The van der Waals surface area contributed by atoms with Crippen LogP contribution in [0.25, 0.3) is 10.9 Å². The predicted molar refractivity (Wildman–Crippen MR) is 114 cm³/mol. The van der Waals surface area contributed by atoms with Gasteiger partial charge in [0.1, 0.15) is 17.1 Å². The lowest BCUT2D eigenvalue weighted by atomic mass is 9.85. The van der Waals surface area contributed by atoms with Gasteiger partial charge in [0.25, 0.3) is 0 Å². The van der Waals surface area contributed by atoms with E-state index in [4.69, 9.17) is 23.2 Å². The lowest BCUT2D eigenvalue weighted by Gasteiger charge is -2.21. The zero-order valence-electron chi connectivity index (χ0n) is 15.5. The maximum absolute atomic E-state index is 14.9. The number of phenols is 1. The van der Waals surface area contributed by atoms with Crippen LogP contribution in [0, 0.1) is 12.7 Å². The van der Waals surface area contributed by atoms with Crippen molar-refractivity contribution in [3.8, 4) is 5.75 Å². The Morgan fingerprint density at radius 2 is 1.86 bits per heavy atom. The summed E-state index contributed by atoms with van der Waals surface area (Å²) < 4.78 is 14.9. The monoisotopic (exact) mass is 426 g/mol. The quantitative estimate of drug-likeness (QED) is 0.406. The van der Waals surface area contributed by atoms with E-state index in [1.807, 2.05) is 25.1 Å². The smallest absolute Gasteiger partial charge is 0.145 e. The van der Waals surface area contributed by atoms with Crippen LogP contribution >= 0.6 is 23.2 Å². The highest BCUT2D eigenvalue weighted by molar-refractivity contribution is 6.31. The van der Waals surface area contributed by atoms with Crippen molar-refractivity contribution in [1.82, 2.24) is 9.97 Å². The highest BCUT2D eigenvalue weighted by atomic mass is 35.5. The van der Waals surface area contributed by atoms with Gasteiger partial charge in [-0.2, -0.15) is 0 Å². The maximum atomic E-state index is 14.9. The Morgan fingerprint density at radius 3 is 2.62 bits per heavy atom. The van der Waals surface area contributed by atoms with E-state index in [2.05, 4.69) is 9.97 Å². The minimum atomic E-state index is -0.553. The summed E-state index contributed by atoms with van der Waals surface area (Å²) in [7, 11) is 0. The van der Waals surface area contributed by atoms with Gasteiger partial charge in [-0.1, -0.05) is 47.5 Å². The summed E-state index contributed by atoms with van der Waals surface area (Å²) in [6, 6.07) is 13.7. The maximum Gasteiger partial charge on any atom is 0.145 e. The standard InChI is InChI=1S/C23H17Cl2FN2O/c1-13-10-15(28-12-19(13)25)11-17(21-18(24)5-2-6-20(21)26)16-8-7-14-4-3-9-27-22(14)23(16)29/h2-10,12,17,29H,11H2,1H3. The fraction of sp³-hybridized carbons (Fsp3) is 0.130. The SMILES string of the molecule is Cc1cc(CC(c2ccc3cccnc3c2O)c2c(F)cccc2Cl)ncc1Cl. The van der Waals surface area contributed by atoms with E-state index >= 15 is 0 Å². The van der Waals surface area contributed by atoms with Gasteiger partial charge in [-0.3, -0.25) is 9.97 Å². The average molecular weight is 427 g/mol. The number of aryl methyl sites for hydroxylation is 1. The highest BCUT2D eigenvalue weighted by Crippen LogP contribution is 2.41. The first-order chi connectivity index (χ1) is 14.0. The van der Waals surface area contributed by atoms with Crippen molar-refractivity contribution in [2.75, 3.05) is 0 Å². The number of hydrogen-bond acceptors (Lipinski definition) is 3. The minimum Gasteiger partial charge on any atom is -0.505 e. The fourth-order valence-corrected chi connectivity index (χ4v) is 3.95. The predicted octanol–water partition coefficient (Wildman–Crippen LogP) is 6.46. The van der Waals surface area contributed by atoms with Crippen LogP contribution in [-0.4, -0.2) is 15.1 Å². The number of halogens is 3. The third-order valence-electron chi connectivity index (χ3n) is 5.02. The van der Waals surface area contributed by atoms with Crippen LogP contribution in [0.1, 0.15) is 28.3 Å². The molecule has 0 spiro atoms. The molecule has 0 saturated carbocycles. The Hall–Kier alpha value is -2.69. The van der Waals surface area contributed by atoms with Crippen LogP contribution in [0.5, 0.6) is 5.75 Å². The van der Waals surface area contributed by atoms with Crippen LogP contribution in [-0.2, 0) is 6.42 Å². The van der Waals surface area contributed by atoms with E-state index in [9.17, 15) is 9.50 Å². The molecule has 0 radical (unpaired) electrons. The van der Waals surface area contributed by atoms with Crippen LogP contribution in [0.2, 0.25) is 10.0 Å². The van der Waals surface area contributed by atoms with Crippen LogP contribution in [0.3, 0.4) is 0 Å². The van der Waals surface area contributed by atoms with E-state index in [-0.39, 0.29) is 5.75 Å². The molecule has 0 aliphatic carbocycles. The number of phenolic OH excluding ortho intramolecular Hbond substituents is 1. The Balaban J connectivity index is 1.91. The molecule has 4 rings (SSSR count). The molecule has 2 aromatic heterocycles. The summed E-state index contributed by atoms with van der Waals surface area (Å²) in [5.41, 5.74) is 2.91. The third kappa shape index (κ3) is 3.78. The molecular weight excluding hydrogens is 410 g/mol. The van der Waals surface area contributed by atoms with Gasteiger partial charge in [0.05, 0.1) is 5.02 Å². The van der Waals surface area contributed by atoms with Crippen molar-refractivity contribution >= 4 is 34.1 Å². The molecule has 0 amide bonds. The largest absolute Gasteiger partial charge is 0.505 e. The van der Waals surface area contributed by atoms with E-state index < -0.39 is 11.7 Å². The molecule has 4 aromatic rings. The van der Waals surface area contributed by atoms with Gasteiger partial charge in [0.2, 0.25) is 0 Å². The first-order valence-electron chi connectivity index (χ1n) is 9.07. The number of pyridine rings is 2. The number of benzene rings is 2. The number of nitrogens with zero attached hydrogens (tertiary/aromatic N) is 2. The van der Waals surface area contributed by atoms with Gasteiger partial charge in [0, 0.05) is 52.0 Å². The van der Waals surface area contributed by atoms with Crippen molar-refractivity contribution in [3.63, 3.8) is 0 Å². The Bertz CT molecular complexity index is 1190. The molecule has 1 N–H and O–H groups in total. The molecule has 146 valence electrons. The Morgan fingerprint density at radius 1 is 1.03 bits per heavy atom. The summed E-state index contributed by atoms with van der Waals surface area (Å²) in [5, 5.41) is 12.6. The van der Waals surface area contributed by atoms with Gasteiger partial charge in [-0.15, -0.1) is 0 Å². The summed E-state index contributed by atoms with van der Waals surface area (Å²) >= 11 is 12.5. The lowest BCUT2D eigenvalue weighted by Crippen LogP contribution is -2.10. The molecule has 0 aliphatic rings. The number of aromatic hydroxyl groups is 1. The van der Waals surface area contributed by atoms with Crippen LogP contribution in [0.15, 0.2) is 60.9 Å². The van der Waals surface area contributed by atoms with E-state index in [0.717, 1.165) is 16.6 Å². The third-order valence-corrected chi connectivity index (χ3v) is 5.74. The molecule has 1 unspecified atom stereocenters. The van der Waals surface area contributed by atoms with Gasteiger partial charge < -0.3 is 5.11 Å². The van der Waals surface area contributed by atoms with Gasteiger partial charge in [-0.25, -0.2) is 4.39 Å². The first-order valence-corrected chi connectivity index (χ1v) is 9.83. The molecule has 2 aromatic carbocycles. The van der Waals surface area contributed by atoms with Crippen LogP contribution in [0.4, 0.5) is 4.39 Å². The molecule has 0 fully saturated rings. The number of hydrogen-bond donors (Lipinski definition) is 1. The Kier molecular flexibility index (Phi) is 5.39. The lowest BCUT2D eigenvalue weighted by molar-refractivity contribution is 0.468. The van der Waals surface area contributed by atoms with Crippen molar-refractivity contribution < 1.29 is 9.50 Å². The summed E-state index contributed by atoms with van der Waals surface area (Å²) in [4.78, 5) is 8.67. The van der Waals surface area contributed by atoms with E-state index in [1.165, 1.54) is 6.07 Å². The molecule has 2 heterocycles. The molecule has 0 aliphatic heterocycles. The van der Waals surface area contributed by atoms with Gasteiger partial charge >= 0.3 is 0 Å². The minimum absolute atomic E-state index is 0.0121. The first kappa shape index (κ1) is 19.6. The second-order valence-electron chi connectivity index (χ2n) is 6.90. The van der Waals surface area contributed by atoms with Crippen molar-refractivity contribution in [1.29, 1.82) is 0 Å². The second-order valence-corrected chi connectivity index (χ2v) is 7.71. The number of fused-ring (bicyclic) bond motifs is 1. The molecule has 6 heteroatoms. The molecule has 1 atom stereocenters. The zero-order chi connectivity index (χ0) is 20.5. The molecule has 0 saturated heterocycles. The molecule has 29 heavy (non-hydrogen) atoms. The van der Waals surface area contributed by atoms with E-state index in [0.29, 0.717) is 33.1 Å². The van der Waals surface area contributed by atoms with Gasteiger partial charge in [0.15, 0.2) is 0 Å². The Labute approximate surface area is 177 Å². The van der Waals surface area contributed by atoms with Crippen LogP contribution < -0.4 is 0 Å². The summed E-state index contributed by atoms with van der Waals surface area (Å²) in [6.45, 7) is 1.88. The number of rotatable bonds is 4. The van der Waals surface area contributed by atoms with Gasteiger partial charge in [-0.05, 0) is 36.8 Å². The summed E-state index contributed by atoms with van der Waals surface area (Å²) in [6.07, 6.45) is 3.53. The normalized spacial score (nSPS) is 12.3. The fourth-order valence-electron chi connectivity index (χ4n) is 3.56. The average Bonchev–Trinajstić information content (AvgIpc) is 2.70. The van der Waals surface area contributed by atoms with E-state index in [1.54, 1.807) is 36.7 Å². The zero-order valence-corrected chi connectivity index (χ0v) is 17.0.